The van der Waals surface area contributed by atoms with Gasteiger partial charge in [0.15, 0.2) is 0 Å². The number of nitrogens with one attached hydrogen (secondary N) is 1. The van der Waals surface area contributed by atoms with Crippen molar-refractivity contribution in [3.05, 3.63) is 48.0 Å². The predicted molar refractivity (Wildman–Crippen MR) is 71.3 cm³/mol. The lowest BCUT2D eigenvalue weighted by molar-refractivity contribution is -0.139. The highest BCUT2D eigenvalue weighted by Crippen LogP contribution is 2.19. The lowest BCUT2D eigenvalue weighted by atomic mass is 9.94. The van der Waals surface area contributed by atoms with Crippen LogP contribution >= 0.6 is 0 Å². The Balaban J connectivity index is 1.95. The van der Waals surface area contributed by atoms with Gasteiger partial charge < -0.3 is 10.4 Å². The molecule has 0 bridgehead atoms. The fourth-order valence-electron chi connectivity index (χ4n) is 2.32. The maximum Gasteiger partial charge on any atom is 0.325 e. The van der Waals surface area contributed by atoms with E-state index in [-0.39, 0.29) is 0 Å². The maximum atomic E-state index is 11.3. The molecular weight excluding hydrogens is 226 g/mol. The van der Waals surface area contributed by atoms with Gasteiger partial charge in [-0.15, -0.1) is 0 Å². The molecule has 2 N–H and O–H groups in total. The topological polar surface area (TPSA) is 49.3 Å². The number of hydrogen-bond donors (Lipinski definition) is 2. The van der Waals surface area contributed by atoms with Gasteiger partial charge in [-0.3, -0.25) is 4.79 Å². The molecule has 0 saturated heterocycles. The van der Waals surface area contributed by atoms with E-state index in [1.54, 1.807) is 0 Å². The van der Waals surface area contributed by atoms with Crippen LogP contribution < -0.4 is 5.32 Å². The summed E-state index contributed by atoms with van der Waals surface area (Å²) >= 11 is 0. The fraction of sp³-hybridized carbons (Fsp3) is 0.400. The third-order valence-corrected chi connectivity index (χ3v) is 3.37. The molecule has 0 aromatic heterocycles. The van der Waals surface area contributed by atoms with E-state index in [1.165, 1.54) is 0 Å². The summed E-state index contributed by atoms with van der Waals surface area (Å²) in [5.41, 5.74) is 0.816. The van der Waals surface area contributed by atoms with Crippen molar-refractivity contribution in [2.24, 2.45) is 5.92 Å². The van der Waals surface area contributed by atoms with Gasteiger partial charge in [-0.1, -0.05) is 42.5 Å². The van der Waals surface area contributed by atoms with Crippen LogP contribution in [0.2, 0.25) is 0 Å². The predicted octanol–water partition coefficient (Wildman–Crippen LogP) is 2.76. The molecule has 18 heavy (non-hydrogen) atoms. The van der Waals surface area contributed by atoms with Gasteiger partial charge in [0.1, 0.15) is 6.04 Å². The van der Waals surface area contributed by atoms with E-state index in [1.807, 2.05) is 30.3 Å². The molecule has 2 unspecified atom stereocenters. The first-order chi connectivity index (χ1) is 8.77. The van der Waals surface area contributed by atoms with Crippen LogP contribution in [0.1, 0.15) is 30.9 Å². The normalized spacial score (nSPS) is 20.6. The fourth-order valence-corrected chi connectivity index (χ4v) is 2.32. The molecule has 1 aromatic rings. The summed E-state index contributed by atoms with van der Waals surface area (Å²) in [5.74, 6) is -0.256. The summed E-state index contributed by atoms with van der Waals surface area (Å²) in [7, 11) is 0. The van der Waals surface area contributed by atoms with Gasteiger partial charge in [0.25, 0.3) is 0 Å². The number of rotatable bonds is 5. The third kappa shape index (κ3) is 3.44. The van der Waals surface area contributed by atoms with Crippen molar-refractivity contribution in [2.45, 2.75) is 25.3 Å². The average Bonchev–Trinajstić information content (AvgIpc) is 2.41. The maximum absolute atomic E-state index is 11.3. The van der Waals surface area contributed by atoms with Crippen molar-refractivity contribution in [3.63, 3.8) is 0 Å². The van der Waals surface area contributed by atoms with Crippen molar-refractivity contribution in [1.29, 1.82) is 0 Å². The SMILES string of the molecule is O=C(O)C(NCC1CC=CCC1)c1ccccc1. The van der Waals surface area contributed by atoms with E-state index >= 15 is 0 Å². The smallest absolute Gasteiger partial charge is 0.325 e. The summed E-state index contributed by atoms with van der Waals surface area (Å²) in [6.45, 7) is 0.760. The standard InChI is InChI=1S/C15H19NO2/c17-15(18)14(13-9-5-2-6-10-13)16-11-12-7-3-1-4-8-12/h1-3,5-6,9-10,12,14,16H,4,7-8,11H2,(H,17,18). The molecule has 1 aliphatic rings. The first-order valence-corrected chi connectivity index (χ1v) is 6.43. The van der Waals surface area contributed by atoms with Crippen molar-refractivity contribution < 1.29 is 9.90 Å². The van der Waals surface area contributed by atoms with Crippen molar-refractivity contribution in [1.82, 2.24) is 5.32 Å². The Morgan fingerprint density at radius 3 is 2.72 bits per heavy atom. The molecule has 3 nitrogen and oxygen atoms in total. The number of carbonyl (C=O) groups is 1. The third-order valence-electron chi connectivity index (χ3n) is 3.37. The molecule has 0 aliphatic heterocycles. The molecular formula is C15H19NO2. The van der Waals surface area contributed by atoms with Crippen LogP contribution in [-0.2, 0) is 4.79 Å². The Morgan fingerprint density at radius 1 is 1.33 bits per heavy atom. The molecule has 0 radical (unpaired) electrons. The monoisotopic (exact) mass is 245 g/mol. The largest absolute Gasteiger partial charge is 0.480 e. The van der Waals surface area contributed by atoms with Gasteiger partial charge in [-0.25, -0.2) is 0 Å². The Labute approximate surface area is 108 Å². The molecule has 0 heterocycles. The van der Waals surface area contributed by atoms with Gasteiger partial charge in [-0.2, -0.15) is 0 Å². The highest BCUT2D eigenvalue weighted by atomic mass is 16.4. The van der Waals surface area contributed by atoms with Crippen LogP contribution in [-0.4, -0.2) is 17.6 Å². The zero-order valence-electron chi connectivity index (χ0n) is 10.4. The molecule has 2 atom stereocenters. The first kappa shape index (κ1) is 12.8. The zero-order valence-corrected chi connectivity index (χ0v) is 10.4. The average molecular weight is 245 g/mol. The summed E-state index contributed by atoms with van der Waals surface area (Å²) < 4.78 is 0. The Kier molecular flexibility index (Phi) is 4.53. The van der Waals surface area contributed by atoms with E-state index in [9.17, 15) is 9.90 Å². The Bertz CT molecular complexity index is 414. The Hall–Kier alpha value is -1.61. The first-order valence-electron chi connectivity index (χ1n) is 6.43. The van der Waals surface area contributed by atoms with Crippen LogP contribution in [0, 0.1) is 5.92 Å². The van der Waals surface area contributed by atoms with Gasteiger partial charge >= 0.3 is 5.97 Å². The van der Waals surface area contributed by atoms with Crippen LogP contribution in [0.3, 0.4) is 0 Å². The second-order valence-corrected chi connectivity index (χ2v) is 4.74. The van der Waals surface area contributed by atoms with Crippen LogP contribution in [0.4, 0.5) is 0 Å². The second kappa shape index (κ2) is 6.36. The lowest BCUT2D eigenvalue weighted by Gasteiger charge is -2.21. The number of benzene rings is 1. The quantitative estimate of drug-likeness (QED) is 0.784. The van der Waals surface area contributed by atoms with Crippen molar-refractivity contribution in [2.75, 3.05) is 6.54 Å². The minimum Gasteiger partial charge on any atom is -0.480 e. The molecule has 0 saturated carbocycles. The zero-order chi connectivity index (χ0) is 12.8. The summed E-state index contributed by atoms with van der Waals surface area (Å²) in [6.07, 6.45) is 7.69. The number of hydrogen-bond acceptors (Lipinski definition) is 2. The summed E-state index contributed by atoms with van der Waals surface area (Å²) in [5, 5.41) is 12.5. The summed E-state index contributed by atoms with van der Waals surface area (Å²) in [6, 6.07) is 8.75. The van der Waals surface area contributed by atoms with E-state index in [0.29, 0.717) is 5.92 Å². The van der Waals surface area contributed by atoms with E-state index < -0.39 is 12.0 Å². The summed E-state index contributed by atoms with van der Waals surface area (Å²) in [4.78, 5) is 11.3. The molecule has 96 valence electrons. The van der Waals surface area contributed by atoms with E-state index in [4.69, 9.17) is 0 Å². The number of carboxylic acid groups (broad SMARTS) is 1. The van der Waals surface area contributed by atoms with E-state index in [2.05, 4.69) is 17.5 Å². The molecule has 1 aliphatic carbocycles. The minimum atomic E-state index is -0.812. The minimum absolute atomic E-state index is 0.556. The van der Waals surface area contributed by atoms with Crippen LogP contribution in [0.15, 0.2) is 42.5 Å². The molecule has 1 aromatic carbocycles. The van der Waals surface area contributed by atoms with Gasteiger partial charge in [-0.05, 0) is 37.3 Å². The van der Waals surface area contributed by atoms with Crippen LogP contribution in [0.25, 0.3) is 0 Å². The molecule has 2 rings (SSSR count). The van der Waals surface area contributed by atoms with Gasteiger partial charge in [0.2, 0.25) is 0 Å². The number of allylic oxidation sites excluding steroid dienone is 2. The molecule has 0 amide bonds. The van der Waals surface area contributed by atoms with Crippen molar-refractivity contribution in [3.8, 4) is 0 Å². The molecule has 3 heteroatoms. The number of aliphatic carboxylic acids is 1. The van der Waals surface area contributed by atoms with Crippen molar-refractivity contribution >= 4 is 5.97 Å². The van der Waals surface area contributed by atoms with Crippen LogP contribution in [0.5, 0.6) is 0 Å². The Morgan fingerprint density at radius 2 is 2.11 bits per heavy atom. The highest BCUT2D eigenvalue weighted by molar-refractivity contribution is 5.75. The molecule has 0 fully saturated rings. The second-order valence-electron chi connectivity index (χ2n) is 4.74. The lowest BCUT2D eigenvalue weighted by Crippen LogP contribution is -2.32. The van der Waals surface area contributed by atoms with E-state index in [0.717, 1.165) is 31.4 Å². The highest BCUT2D eigenvalue weighted by Gasteiger charge is 2.20. The van der Waals surface area contributed by atoms with Gasteiger partial charge in [0.05, 0.1) is 0 Å². The molecule has 0 spiro atoms. The number of carboxylic acids is 1. The van der Waals surface area contributed by atoms with Gasteiger partial charge in [0, 0.05) is 0 Å².